The summed E-state index contributed by atoms with van der Waals surface area (Å²) >= 11 is 0. The largest absolute Gasteiger partial charge is 0.501 e. The van der Waals surface area contributed by atoms with E-state index in [-0.39, 0.29) is 24.7 Å². The summed E-state index contributed by atoms with van der Waals surface area (Å²) in [7, 11) is -1.97. The van der Waals surface area contributed by atoms with Gasteiger partial charge in [-0.15, -0.1) is 0 Å². The second kappa shape index (κ2) is 11.0. The van der Waals surface area contributed by atoms with Gasteiger partial charge in [0.2, 0.25) is 10.0 Å². The van der Waals surface area contributed by atoms with Crippen LogP contribution in [0, 0.1) is 12.8 Å². The predicted molar refractivity (Wildman–Crippen MR) is 135 cm³/mol. The zero-order valence-electron chi connectivity index (χ0n) is 21.3. The molecular weight excluding hydrogens is 452 g/mol. The van der Waals surface area contributed by atoms with Gasteiger partial charge in [-0.2, -0.15) is 4.31 Å². The van der Waals surface area contributed by atoms with Crippen molar-refractivity contribution in [1.82, 2.24) is 4.31 Å². The summed E-state index contributed by atoms with van der Waals surface area (Å²) in [5.41, 5.74) is 3.82. The fraction of sp³-hybridized carbons (Fsp3) is 0.577. The molecule has 7 nitrogen and oxygen atoms in total. The van der Waals surface area contributed by atoms with Crippen LogP contribution in [0.1, 0.15) is 64.5 Å². The molecule has 1 aromatic rings. The summed E-state index contributed by atoms with van der Waals surface area (Å²) in [6.07, 6.45) is 4.04. The number of hydrogen-bond acceptors (Lipinski definition) is 5. The molecule has 2 aliphatic heterocycles. The first-order valence-electron chi connectivity index (χ1n) is 12.1. The van der Waals surface area contributed by atoms with Crippen LogP contribution in [0.5, 0.6) is 0 Å². The van der Waals surface area contributed by atoms with Crippen LogP contribution in [0.3, 0.4) is 0 Å². The smallest absolute Gasteiger partial charge is 0.414 e. The maximum Gasteiger partial charge on any atom is 0.414 e. The van der Waals surface area contributed by atoms with Gasteiger partial charge in [-0.05, 0) is 51.2 Å². The van der Waals surface area contributed by atoms with E-state index in [0.29, 0.717) is 37.3 Å². The minimum atomic E-state index is -3.61. The van der Waals surface area contributed by atoms with E-state index in [4.69, 9.17) is 9.47 Å². The predicted octanol–water partition coefficient (Wildman–Crippen LogP) is 5.51. The lowest BCUT2D eigenvalue weighted by molar-refractivity contribution is 0.136. The van der Waals surface area contributed by atoms with Crippen molar-refractivity contribution in [1.29, 1.82) is 0 Å². The molecule has 0 unspecified atom stereocenters. The van der Waals surface area contributed by atoms with Gasteiger partial charge in [0, 0.05) is 31.1 Å². The Labute approximate surface area is 204 Å². The molecule has 1 saturated heterocycles. The van der Waals surface area contributed by atoms with Crippen LogP contribution >= 0.6 is 0 Å². The molecule has 3 rings (SSSR count). The van der Waals surface area contributed by atoms with Crippen molar-refractivity contribution in [3.63, 3.8) is 0 Å². The van der Waals surface area contributed by atoms with Gasteiger partial charge < -0.3 is 9.47 Å². The molecular formula is C26H38N2O5S. The highest BCUT2D eigenvalue weighted by atomic mass is 32.2. The number of allylic oxidation sites excluding steroid dienone is 4. The van der Waals surface area contributed by atoms with Gasteiger partial charge >= 0.3 is 6.09 Å². The normalized spacial score (nSPS) is 19.1. The van der Waals surface area contributed by atoms with E-state index in [2.05, 4.69) is 0 Å². The first kappa shape index (κ1) is 26.3. The van der Waals surface area contributed by atoms with E-state index in [9.17, 15) is 13.2 Å². The molecule has 8 heteroatoms. The van der Waals surface area contributed by atoms with Gasteiger partial charge in [-0.3, -0.25) is 4.90 Å². The van der Waals surface area contributed by atoms with Crippen LogP contribution < -0.4 is 4.90 Å². The highest BCUT2D eigenvalue weighted by molar-refractivity contribution is 7.93. The zero-order chi connectivity index (χ0) is 25.0. The number of anilines is 1. The molecule has 34 heavy (non-hydrogen) atoms. The van der Waals surface area contributed by atoms with Crippen molar-refractivity contribution >= 4 is 21.8 Å². The second-order valence-electron chi connectivity index (χ2n) is 9.42. The monoisotopic (exact) mass is 490 g/mol. The number of carbonyl (C=O) groups is 1. The van der Waals surface area contributed by atoms with Gasteiger partial charge in [-0.1, -0.05) is 44.0 Å². The topological polar surface area (TPSA) is 76.2 Å². The maximum absolute atomic E-state index is 13.6. The lowest BCUT2D eigenvalue weighted by Crippen LogP contribution is -2.50. The third kappa shape index (κ3) is 5.49. The molecule has 1 aromatic carbocycles. The minimum absolute atomic E-state index is 0.0926. The summed E-state index contributed by atoms with van der Waals surface area (Å²) in [5.74, 6) is 0.723. The molecule has 0 bridgehead atoms. The molecule has 1 amide bonds. The van der Waals surface area contributed by atoms with E-state index in [1.807, 2.05) is 58.9 Å². The van der Waals surface area contributed by atoms with Crippen LogP contribution in [0.15, 0.2) is 40.5 Å². The van der Waals surface area contributed by atoms with Crippen molar-refractivity contribution in [3.8, 4) is 0 Å². The third-order valence-corrected chi connectivity index (χ3v) is 9.06. The SMILES string of the molecule is CC/C(=C\C/C(C)=C(\C(C)C)S(=O)(=O)N1CCC(N2C(=O)OCc3cc(C)ccc32)CC1)OC. The van der Waals surface area contributed by atoms with Crippen molar-refractivity contribution in [3.05, 3.63) is 51.6 Å². The summed E-state index contributed by atoms with van der Waals surface area (Å²) < 4.78 is 39.6. The van der Waals surface area contributed by atoms with E-state index < -0.39 is 10.0 Å². The molecule has 2 aliphatic rings. The van der Waals surface area contributed by atoms with Crippen molar-refractivity contribution in [2.24, 2.45) is 5.92 Å². The third-order valence-electron chi connectivity index (χ3n) is 6.64. The molecule has 0 saturated carbocycles. The Morgan fingerprint density at radius 2 is 1.94 bits per heavy atom. The number of aryl methyl sites for hydroxylation is 1. The Hall–Kier alpha value is -2.32. The molecule has 2 heterocycles. The van der Waals surface area contributed by atoms with Gasteiger partial charge in [0.15, 0.2) is 0 Å². The van der Waals surface area contributed by atoms with Gasteiger partial charge in [0.25, 0.3) is 0 Å². The Bertz CT molecular complexity index is 1060. The average Bonchev–Trinajstić information content (AvgIpc) is 2.79. The number of methoxy groups -OCH3 is 1. The number of carbonyl (C=O) groups excluding carboxylic acids is 1. The zero-order valence-corrected chi connectivity index (χ0v) is 22.1. The number of sulfonamides is 1. The second-order valence-corrected chi connectivity index (χ2v) is 11.3. The summed E-state index contributed by atoms with van der Waals surface area (Å²) in [4.78, 5) is 14.8. The number of fused-ring (bicyclic) bond motifs is 1. The number of benzene rings is 1. The number of hydrogen-bond donors (Lipinski definition) is 0. The lowest BCUT2D eigenvalue weighted by Gasteiger charge is -2.40. The summed E-state index contributed by atoms with van der Waals surface area (Å²) in [6, 6.07) is 5.91. The van der Waals surface area contributed by atoms with Gasteiger partial charge in [-0.25, -0.2) is 13.2 Å². The molecule has 0 aliphatic carbocycles. The first-order valence-corrected chi connectivity index (χ1v) is 13.5. The lowest BCUT2D eigenvalue weighted by atomic mass is 10.0. The standard InChI is InChI=1S/C26H38N2O5S/c1-7-23(32-6)10-9-20(5)25(18(2)3)34(30,31)27-14-12-22(13-15-27)28-24-11-8-19(4)16-21(24)17-33-26(28)29/h8,10-11,16,18,22H,7,9,12-15,17H2,1-6H3/b23-10+,25-20+. The highest BCUT2D eigenvalue weighted by Crippen LogP contribution is 2.34. The van der Waals surface area contributed by atoms with Crippen molar-refractivity contribution in [2.45, 2.75) is 73.0 Å². The Kier molecular flexibility index (Phi) is 8.47. The molecule has 0 aromatic heterocycles. The van der Waals surface area contributed by atoms with Crippen LogP contribution in [0.4, 0.5) is 10.5 Å². The number of piperidine rings is 1. The molecule has 1 fully saturated rings. The summed E-state index contributed by atoms with van der Waals surface area (Å²) in [6.45, 7) is 10.8. The Morgan fingerprint density at radius 1 is 1.26 bits per heavy atom. The van der Waals surface area contributed by atoms with E-state index >= 15 is 0 Å². The first-order chi connectivity index (χ1) is 16.1. The fourth-order valence-electron chi connectivity index (χ4n) is 4.95. The van der Waals surface area contributed by atoms with E-state index in [1.165, 1.54) is 0 Å². The van der Waals surface area contributed by atoms with Gasteiger partial charge in [0.05, 0.1) is 23.5 Å². The Balaban J connectivity index is 1.79. The van der Waals surface area contributed by atoms with Crippen LogP contribution in [-0.2, 0) is 26.1 Å². The maximum atomic E-state index is 13.6. The van der Waals surface area contributed by atoms with Crippen LogP contribution in [0.2, 0.25) is 0 Å². The molecule has 188 valence electrons. The molecule has 0 atom stereocenters. The number of rotatable bonds is 8. The number of amides is 1. The quantitative estimate of drug-likeness (QED) is 0.449. The minimum Gasteiger partial charge on any atom is -0.501 e. The number of nitrogens with zero attached hydrogens (tertiary/aromatic N) is 2. The van der Waals surface area contributed by atoms with E-state index in [1.54, 1.807) is 16.3 Å². The fourth-order valence-corrected chi connectivity index (χ4v) is 7.04. The average molecular weight is 491 g/mol. The van der Waals surface area contributed by atoms with Crippen LogP contribution in [0.25, 0.3) is 0 Å². The van der Waals surface area contributed by atoms with Gasteiger partial charge in [0.1, 0.15) is 6.61 Å². The Morgan fingerprint density at radius 3 is 2.53 bits per heavy atom. The number of cyclic esters (lactones) is 1. The van der Waals surface area contributed by atoms with Crippen molar-refractivity contribution in [2.75, 3.05) is 25.1 Å². The van der Waals surface area contributed by atoms with Crippen LogP contribution in [-0.4, -0.2) is 45.1 Å². The highest BCUT2D eigenvalue weighted by Gasteiger charge is 2.38. The molecule has 0 N–H and O–H groups in total. The summed E-state index contributed by atoms with van der Waals surface area (Å²) in [5, 5.41) is 0. The number of ether oxygens (including phenoxy) is 2. The van der Waals surface area contributed by atoms with Crippen molar-refractivity contribution < 1.29 is 22.7 Å². The molecule has 0 radical (unpaired) electrons. The van der Waals surface area contributed by atoms with E-state index in [0.717, 1.165) is 34.6 Å². The molecule has 0 spiro atoms.